The standard InChI is InChI=1S/C8H9N5OS/c1-4-10-6(9)3-7(11-4)15-8-13-12-5(2)14-8/h3H,1-2H3,(H2,9,10,11). The Hall–Kier alpha value is -1.63. The van der Waals surface area contributed by atoms with Crippen molar-refractivity contribution in [3.05, 3.63) is 17.8 Å². The van der Waals surface area contributed by atoms with Gasteiger partial charge in [-0.3, -0.25) is 0 Å². The molecule has 6 nitrogen and oxygen atoms in total. The molecule has 2 N–H and O–H groups in total. The molecule has 0 radical (unpaired) electrons. The van der Waals surface area contributed by atoms with E-state index in [4.69, 9.17) is 10.2 Å². The van der Waals surface area contributed by atoms with Crippen LogP contribution >= 0.6 is 11.8 Å². The van der Waals surface area contributed by atoms with Crippen LogP contribution in [-0.4, -0.2) is 20.2 Å². The minimum absolute atomic E-state index is 0.432. The largest absolute Gasteiger partial charge is 0.416 e. The van der Waals surface area contributed by atoms with Crippen molar-refractivity contribution in [1.82, 2.24) is 20.2 Å². The minimum Gasteiger partial charge on any atom is -0.416 e. The predicted molar refractivity (Wildman–Crippen MR) is 54.3 cm³/mol. The van der Waals surface area contributed by atoms with Crippen LogP contribution in [0.4, 0.5) is 5.82 Å². The lowest BCUT2D eigenvalue weighted by Gasteiger charge is -1.98. The third-order valence-corrected chi connectivity index (χ3v) is 2.29. The van der Waals surface area contributed by atoms with E-state index in [1.54, 1.807) is 19.9 Å². The minimum atomic E-state index is 0.432. The molecule has 0 saturated carbocycles. The van der Waals surface area contributed by atoms with Crippen LogP contribution in [0.15, 0.2) is 20.7 Å². The van der Waals surface area contributed by atoms with Crippen molar-refractivity contribution in [2.75, 3.05) is 5.73 Å². The number of nitrogens with two attached hydrogens (primary N) is 1. The summed E-state index contributed by atoms with van der Waals surface area (Å²) in [7, 11) is 0. The van der Waals surface area contributed by atoms with Gasteiger partial charge in [0, 0.05) is 13.0 Å². The van der Waals surface area contributed by atoms with Gasteiger partial charge < -0.3 is 10.2 Å². The summed E-state index contributed by atoms with van der Waals surface area (Å²) in [6.45, 7) is 3.51. The lowest BCUT2D eigenvalue weighted by atomic mass is 10.5. The molecule has 0 aliphatic carbocycles. The summed E-state index contributed by atoms with van der Waals surface area (Å²) >= 11 is 1.27. The first-order valence-electron chi connectivity index (χ1n) is 4.22. The summed E-state index contributed by atoms with van der Waals surface area (Å²) in [5.41, 5.74) is 5.59. The fourth-order valence-electron chi connectivity index (χ4n) is 1.02. The Morgan fingerprint density at radius 1 is 1.27 bits per heavy atom. The topological polar surface area (TPSA) is 90.7 Å². The maximum atomic E-state index is 5.59. The Kier molecular flexibility index (Phi) is 2.55. The van der Waals surface area contributed by atoms with Gasteiger partial charge in [0.25, 0.3) is 5.22 Å². The van der Waals surface area contributed by atoms with Gasteiger partial charge >= 0.3 is 0 Å². The van der Waals surface area contributed by atoms with E-state index >= 15 is 0 Å². The van der Waals surface area contributed by atoms with Gasteiger partial charge in [0.2, 0.25) is 5.89 Å². The van der Waals surface area contributed by atoms with E-state index in [-0.39, 0.29) is 0 Å². The van der Waals surface area contributed by atoms with Crippen molar-refractivity contribution in [1.29, 1.82) is 0 Å². The third kappa shape index (κ3) is 2.44. The zero-order valence-corrected chi connectivity index (χ0v) is 9.08. The first-order chi connectivity index (χ1) is 7.13. The molecule has 2 rings (SSSR count). The van der Waals surface area contributed by atoms with Crippen molar-refractivity contribution < 1.29 is 4.42 Å². The van der Waals surface area contributed by atoms with Crippen LogP contribution in [-0.2, 0) is 0 Å². The highest BCUT2D eigenvalue weighted by atomic mass is 32.2. The molecule has 0 saturated heterocycles. The first kappa shape index (κ1) is 9.91. The first-order valence-corrected chi connectivity index (χ1v) is 5.04. The van der Waals surface area contributed by atoms with Gasteiger partial charge in [0.15, 0.2) is 0 Å². The predicted octanol–water partition coefficient (Wildman–Crippen LogP) is 1.21. The molecule has 7 heteroatoms. The molecule has 2 aromatic heterocycles. The van der Waals surface area contributed by atoms with Gasteiger partial charge in [0.1, 0.15) is 16.7 Å². The van der Waals surface area contributed by atoms with Crippen molar-refractivity contribution in [3.63, 3.8) is 0 Å². The van der Waals surface area contributed by atoms with Gasteiger partial charge in [-0.25, -0.2) is 9.97 Å². The van der Waals surface area contributed by atoms with Gasteiger partial charge in [-0.05, 0) is 18.7 Å². The number of rotatable bonds is 2. The average Bonchev–Trinajstić information content (AvgIpc) is 2.49. The van der Waals surface area contributed by atoms with Crippen molar-refractivity contribution in [2.24, 2.45) is 0 Å². The van der Waals surface area contributed by atoms with E-state index in [2.05, 4.69) is 20.2 Å². The van der Waals surface area contributed by atoms with Crippen molar-refractivity contribution in [2.45, 2.75) is 24.1 Å². The Bertz CT molecular complexity index is 463. The molecule has 0 amide bonds. The summed E-state index contributed by atoms with van der Waals surface area (Å²) in [5.74, 6) is 1.58. The molecule has 0 atom stereocenters. The lowest BCUT2D eigenvalue weighted by Crippen LogP contribution is -1.96. The van der Waals surface area contributed by atoms with Crippen LogP contribution in [0.25, 0.3) is 0 Å². The molecular formula is C8H9N5OS. The quantitative estimate of drug-likeness (QED) is 0.765. The van der Waals surface area contributed by atoms with Crippen LogP contribution in [0.3, 0.4) is 0 Å². The molecule has 15 heavy (non-hydrogen) atoms. The van der Waals surface area contributed by atoms with E-state index in [9.17, 15) is 0 Å². The fraction of sp³-hybridized carbons (Fsp3) is 0.250. The molecule has 0 fully saturated rings. The summed E-state index contributed by atoms with van der Waals surface area (Å²) in [4.78, 5) is 8.15. The Balaban J connectivity index is 2.24. The van der Waals surface area contributed by atoms with Crippen molar-refractivity contribution in [3.8, 4) is 0 Å². The smallest absolute Gasteiger partial charge is 0.282 e. The van der Waals surface area contributed by atoms with Gasteiger partial charge in [-0.1, -0.05) is 0 Å². The maximum Gasteiger partial charge on any atom is 0.282 e. The normalized spacial score (nSPS) is 10.5. The zero-order valence-electron chi connectivity index (χ0n) is 8.26. The van der Waals surface area contributed by atoms with Crippen molar-refractivity contribution >= 4 is 17.6 Å². The average molecular weight is 223 g/mol. The maximum absolute atomic E-state index is 5.59. The molecule has 0 aliphatic rings. The Morgan fingerprint density at radius 3 is 2.67 bits per heavy atom. The highest BCUT2D eigenvalue weighted by molar-refractivity contribution is 7.99. The summed E-state index contributed by atoms with van der Waals surface area (Å²) in [6, 6.07) is 1.66. The van der Waals surface area contributed by atoms with Gasteiger partial charge in [-0.2, -0.15) is 0 Å². The van der Waals surface area contributed by atoms with E-state index in [1.165, 1.54) is 11.8 Å². The number of anilines is 1. The van der Waals surface area contributed by atoms with Crippen LogP contribution in [0.2, 0.25) is 0 Å². The number of nitrogens with zero attached hydrogens (tertiary/aromatic N) is 4. The molecule has 0 unspecified atom stereocenters. The second-order valence-corrected chi connectivity index (χ2v) is 3.84. The summed E-state index contributed by atoms with van der Waals surface area (Å²) in [6.07, 6.45) is 0. The second kappa shape index (κ2) is 3.85. The number of hydrogen-bond acceptors (Lipinski definition) is 7. The number of aryl methyl sites for hydroxylation is 2. The SMILES string of the molecule is Cc1nc(N)cc(Sc2nnc(C)o2)n1. The van der Waals surface area contributed by atoms with Crippen LogP contribution in [0.5, 0.6) is 0 Å². The van der Waals surface area contributed by atoms with Crippen LogP contribution in [0.1, 0.15) is 11.7 Å². The molecule has 0 aromatic carbocycles. The van der Waals surface area contributed by atoms with E-state index < -0.39 is 0 Å². The third-order valence-electron chi connectivity index (χ3n) is 1.53. The van der Waals surface area contributed by atoms with Crippen LogP contribution in [0, 0.1) is 13.8 Å². The molecular weight excluding hydrogens is 214 g/mol. The highest BCUT2D eigenvalue weighted by Gasteiger charge is 2.07. The molecule has 2 heterocycles. The highest BCUT2D eigenvalue weighted by Crippen LogP contribution is 2.25. The molecule has 0 bridgehead atoms. The molecule has 78 valence electrons. The van der Waals surface area contributed by atoms with E-state index in [1.807, 2.05) is 0 Å². The number of aromatic nitrogens is 4. The second-order valence-electron chi connectivity index (χ2n) is 2.87. The number of nitrogen functional groups attached to an aromatic ring is 1. The van der Waals surface area contributed by atoms with Gasteiger partial charge in [-0.15, -0.1) is 10.2 Å². The summed E-state index contributed by atoms with van der Waals surface area (Å²) in [5, 5.41) is 8.71. The monoisotopic (exact) mass is 223 g/mol. The summed E-state index contributed by atoms with van der Waals surface area (Å²) < 4.78 is 5.21. The fourth-order valence-corrected chi connectivity index (χ4v) is 1.80. The lowest BCUT2D eigenvalue weighted by molar-refractivity contribution is 0.429. The van der Waals surface area contributed by atoms with E-state index in [0.29, 0.717) is 27.8 Å². The van der Waals surface area contributed by atoms with E-state index in [0.717, 1.165) is 0 Å². The number of hydrogen-bond donors (Lipinski definition) is 1. The molecule has 2 aromatic rings. The zero-order chi connectivity index (χ0) is 10.8. The Morgan fingerprint density at radius 2 is 2.07 bits per heavy atom. The molecule has 0 aliphatic heterocycles. The van der Waals surface area contributed by atoms with Gasteiger partial charge in [0.05, 0.1) is 0 Å². The molecule has 0 spiro atoms. The Labute approximate surface area is 90.3 Å². The van der Waals surface area contributed by atoms with Crippen LogP contribution < -0.4 is 5.73 Å².